The fourth-order valence-corrected chi connectivity index (χ4v) is 2.40. The van der Waals surface area contributed by atoms with Crippen molar-refractivity contribution in [2.75, 3.05) is 27.2 Å². The molecular formula is C14H20ClN3O. The second-order valence-electron chi connectivity index (χ2n) is 4.66. The summed E-state index contributed by atoms with van der Waals surface area (Å²) in [7, 11) is 3.62. The first-order chi connectivity index (χ1) is 8.76. The topological polar surface area (TPSA) is 48.3 Å². The number of hydrogen-bond acceptors (Lipinski definition) is 4. The van der Waals surface area contributed by atoms with Crippen LogP contribution in [0.1, 0.15) is 17.5 Å². The molecule has 1 aliphatic rings. The quantitative estimate of drug-likeness (QED) is 0.914. The minimum absolute atomic E-state index is 0. The van der Waals surface area contributed by atoms with Gasteiger partial charge in [-0.3, -0.25) is 4.90 Å². The number of nitrogens with zero attached hydrogens (tertiary/aromatic N) is 2. The third kappa shape index (κ3) is 3.84. The van der Waals surface area contributed by atoms with Crippen LogP contribution in [0.15, 0.2) is 18.2 Å². The molecule has 0 radical (unpaired) electrons. The second-order valence-corrected chi connectivity index (χ2v) is 4.66. The van der Waals surface area contributed by atoms with E-state index >= 15 is 0 Å². The molecule has 0 amide bonds. The van der Waals surface area contributed by atoms with Gasteiger partial charge in [-0.15, -0.1) is 12.4 Å². The molecule has 19 heavy (non-hydrogen) atoms. The van der Waals surface area contributed by atoms with Crippen LogP contribution >= 0.6 is 12.4 Å². The first-order valence-corrected chi connectivity index (χ1v) is 6.23. The summed E-state index contributed by atoms with van der Waals surface area (Å²) in [4.78, 5) is 2.42. The maximum atomic E-state index is 8.94. The van der Waals surface area contributed by atoms with Crippen molar-refractivity contribution in [1.29, 1.82) is 5.26 Å². The lowest BCUT2D eigenvalue weighted by Crippen LogP contribution is -2.29. The Kier molecular flexibility index (Phi) is 6.10. The molecule has 1 atom stereocenters. The van der Waals surface area contributed by atoms with E-state index in [1.807, 2.05) is 25.2 Å². The summed E-state index contributed by atoms with van der Waals surface area (Å²) in [5.74, 6) is 0.666. The van der Waals surface area contributed by atoms with Gasteiger partial charge in [0.25, 0.3) is 0 Å². The third-order valence-corrected chi connectivity index (χ3v) is 3.47. The van der Waals surface area contributed by atoms with E-state index in [1.165, 1.54) is 12.0 Å². The lowest BCUT2D eigenvalue weighted by molar-refractivity contribution is 0.321. The molecule has 0 spiro atoms. The molecule has 1 fully saturated rings. The molecule has 0 aliphatic carbocycles. The smallest absolute Gasteiger partial charge is 0.136 e. The Morgan fingerprint density at radius 3 is 2.89 bits per heavy atom. The van der Waals surface area contributed by atoms with Crippen LogP contribution in [0.3, 0.4) is 0 Å². The molecule has 1 saturated heterocycles. The molecule has 0 saturated carbocycles. The lowest BCUT2D eigenvalue weighted by Gasteiger charge is -2.16. The zero-order valence-electron chi connectivity index (χ0n) is 11.3. The lowest BCUT2D eigenvalue weighted by atomic mass is 10.1. The van der Waals surface area contributed by atoms with Crippen molar-refractivity contribution in [3.05, 3.63) is 29.3 Å². The van der Waals surface area contributed by atoms with Crippen LogP contribution < -0.4 is 10.1 Å². The van der Waals surface area contributed by atoms with Crippen molar-refractivity contribution in [2.24, 2.45) is 0 Å². The number of halogens is 1. The maximum Gasteiger partial charge on any atom is 0.136 e. The molecule has 1 aromatic rings. The standard InChI is InChI=1S/C14H19N3O.ClH/c1-16-13-5-6-17(10-13)9-11-3-4-12(8-15)14(7-11)18-2;/h3-4,7,13,16H,5-6,9-10H2,1-2H3;1H. The van der Waals surface area contributed by atoms with Crippen LogP contribution in [0.25, 0.3) is 0 Å². The minimum atomic E-state index is 0. The highest BCUT2D eigenvalue weighted by Crippen LogP contribution is 2.21. The van der Waals surface area contributed by atoms with E-state index in [0.717, 1.165) is 19.6 Å². The SMILES string of the molecule is CNC1CCN(Cc2ccc(C#N)c(OC)c2)C1.Cl. The summed E-state index contributed by atoms with van der Waals surface area (Å²) in [5.41, 5.74) is 1.79. The molecule has 1 aromatic carbocycles. The molecule has 1 N–H and O–H groups in total. The summed E-state index contributed by atoms with van der Waals surface area (Å²) in [6, 6.07) is 8.54. The number of benzene rings is 1. The largest absolute Gasteiger partial charge is 0.495 e. The van der Waals surface area contributed by atoms with Crippen LogP contribution in [0, 0.1) is 11.3 Å². The summed E-state index contributed by atoms with van der Waals surface area (Å²) in [5, 5.41) is 12.3. The number of nitrogens with one attached hydrogen (secondary N) is 1. The number of likely N-dealkylation sites (tertiary alicyclic amines) is 1. The van der Waals surface area contributed by atoms with Gasteiger partial charge in [-0.1, -0.05) is 6.07 Å². The van der Waals surface area contributed by atoms with Crippen LogP contribution in [0.2, 0.25) is 0 Å². The maximum absolute atomic E-state index is 8.94. The molecule has 4 nitrogen and oxygen atoms in total. The van der Waals surface area contributed by atoms with Gasteiger partial charge in [-0.2, -0.15) is 5.26 Å². The number of likely N-dealkylation sites (N-methyl/N-ethyl adjacent to an activating group) is 1. The number of rotatable bonds is 4. The number of methoxy groups -OCH3 is 1. The van der Waals surface area contributed by atoms with Crippen LogP contribution in [0.5, 0.6) is 5.75 Å². The van der Waals surface area contributed by atoms with Crippen molar-refractivity contribution >= 4 is 12.4 Å². The number of nitriles is 1. The average Bonchev–Trinajstić information content (AvgIpc) is 2.86. The zero-order chi connectivity index (χ0) is 13.0. The van der Waals surface area contributed by atoms with E-state index in [9.17, 15) is 0 Å². The van der Waals surface area contributed by atoms with Gasteiger partial charge in [0.2, 0.25) is 0 Å². The Balaban J connectivity index is 0.00000180. The molecule has 5 heteroatoms. The van der Waals surface area contributed by atoms with Gasteiger partial charge < -0.3 is 10.1 Å². The fraction of sp³-hybridized carbons (Fsp3) is 0.500. The fourth-order valence-electron chi connectivity index (χ4n) is 2.40. The van der Waals surface area contributed by atoms with Gasteiger partial charge in [-0.05, 0) is 31.2 Å². The van der Waals surface area contributed by atoms with Gasteiger partial charge >= 0.3 is 0 Å². The Morgan fingerprint density at radius 1 is 1.53 bits per heavy atom. The van der Waals surface area contributed by atoms with E-state index in [1.54, 1.807) is 7.11 Å². The minimum Gasteiger partial charge on any atom is -0.495 e. The van der Waals surface area contributed by atoms with Crippen molar-refractivity contribution in [3.8, 4) is 11.8 Å². The van der Waals surface area contributed by atoms with Crippen LogP contribution in [-0.2, 0) is 6.54 Å². The van der Waals surface area contributed by atoms with E-state index in [2.05, 4.69) is 16.3 Å². The van der Waals surface area contributed by atoms with Gasteiger partial charge in [0.05, 0.1) is 12.7 Å². The van der Waals surface area contributed by atoms with Gasteiger partial charge in [-0.25, -0.2) is 0 Å². The van der Waals surface area contributed by atoms with E-state index in [4.69, 9.17) is 10.00 Å². The van der Waals surface area contributed by atoms with Crippen molar-refractivity contribution in [3.63, 3.8) is 0 Å². The van der Waals surface area contributed by atoms with Crippen molar-refractivity contribution in [2.45, 2.75) is 19.0 Å². The van der Waals surface area contributed by atoms with E-state index in [-0.39, 0.29) is 12.4 Å². The van der Waals surface area contributed by atoms with Crippen molar-refractivity contribution in [1.82, 2.24) is 10.2 Å². The van der Waals surface area contributed by atoms with Gasteiger partial charge in [0.1, 0.15) is 11.8 Å². The van der Waals surface area contributed by atoms with Gasteiger partial charge in [0.15, 0.2) is 0 Å². The Hall–Kier alpha value is -1.28. The predicted molar refractivity (Wildman–Crippen MR) is 77.7 cm³/mol. The van der Waals surface area contributed by atoms with E-state index in [0.29, 0.717) is 17.4 Å². The Morgan fingerprint density at radius 2 is 2.32 bits per heavy atom. The molecule has 0 bridgehead atoms. The first-order valence-electron chi connectivity index (χ1n) is 6.23. The molecule has 104 valence electrons. The molecule has 2 rings (SSSR count). The summed E-state index contributed by atoms with van der Waals surface area (Å²) < 4.78 is 5.23. The molecule has 1 heterocycles. The number of ether oxygens (including phenoxy) is 1. The molecule has 1 unspecified atom stereocenters. The predicted octanol–water partition coefficient (Wildman–Crippen LogP) is 1.78. The van der Waals surface area contributed by atoms with Crippen LogP contribution in [-0.4, -0.2) is 38.2 Å². The zero-order valence-corrected chi connectivity index (χ0v) is 12.2. The molecule has 0 aromatic heterocycles. The monoisotopic (exact) mass is 281 g/mol. The Bertz CT molecular complexity index is 458. The highest BCUT2D eigenvalue weighted by atomic mass is 35.5. The highest BCUT2D eigenvalue weighted by molar-refractivity contribution is 5.85. The Labute approximate surface area is 120 Å². The average molecular weight is 282 g/mol. The highest BCUT2D eigenvalue weighted by Gasteiger charge is 2.20. The normalized spacial score (nSPS) is 18.7. The van der Waals surface area contributed by atoms with Gasteiger partial charge in [0, 0.05) is 25.7 Å². The summed E-state index contributed by atoms with van der Waals surface area (Å²) in [6.45, 7) is 3.12. The first kappa shape index (κ1) is 15.8. The van der Waals surface area contributed by atoms with Crippen LogP contribution in [0.4, 0.5) is 0 Å². The third-order valence-electron chi connectivity index (χ3n) is 3.47. The van der Waals surface area contributed by atoms with Crippen molar-refractivity contribution < 1.29 is 4.74 Å². The number of hydrogen-bond donors (Lipinski definition) is 1. The van der Waals surface area contributed by atoms with E-state index < -0.39 is 0 Å². The molecular weight excluding hydrogens is 262 g/mol. The summed E-state index contributed by atoms with van der Waals surface area (Å²) in [6.07, 6.45) is 1.20. The molecule has 1 aliphatic heterocycles. The second kappa shape index (κ2) is 7.34. The summed E-state index contributed by atoms with van der Waals surface area (Å²) >= 11 is 0.